The molecule has 3 atom stereocenters. The monoisotopic (exact) mass is 391 g/mol. The number of halogens is 2. The first-order chi connectivity index (χ1) is 12.1. The fraction of sp³-hybridized carbons (Fsp3) is 0.350. The summed E-state index contributed by atoms with van der Waals surface area (Å²) in [7, 11) is 0. The second-order valence-electron chi connectivity index (χ2n) is 6.91. The van der Waals surface area contributed by atoms with Gasteiger partial charge in [0.2, 0.25) is 5.91 Å². The van der Waals surface area contributed by atoms with Gasteiger partial charge in [-0.1, -0.05) is 41.9 Å². The van der Waals surface area contributed by atoms with Gasteiger partial charge in [0.15, 0.2) is 0 Å². The zero-order valence-corrected chi connectivity index (χ0v) is 16.0. The van der Waals surface area contributed by atoms with Crippen LogP contribution in [0.4, 0.5) is 5.69 Å². The summed E-state index contributed by atoms with van der Waals surface area (Å²) < 4.78 is 0. The van der Waals surface area contributed by atoms with E-state index in [2.05, 4.69) is 17.0 Å². The number of carbonyl (C=O) groups excluding carboxylic acids is 1. The molecule has 2 heterocycles. The van der Waals surface area contributed by atoms with Crippen molar-refractivity contribution in [2.75, 3.05) is 24.5 Å². The lowest BCUT2D eigenvalue weighted by atomic mass is 9.95. The van der Waals surface area contributed by atoms with Gasteiger partial charge < -0.3 is 10.6 Å². The topological polar surface area (TPSA) is 49.6 Å². The molecule has 1 unspecified atom stereocenters. The van der Waals surface area contributed by atoms with Crippen LogP contribution in [-0.2, 0) is 4.79 Å². The summed E-state index contributed by atoms with van der Waals surface area (Å²) in [5.74, 6) is 0.460. The van der Waals surface area contributed by atoms with E-state index in [-0.39, 0.29) is 30.4 Å². The van der Waals surface area contributed by atoms with Crippen molar-refractivity contribution >= 4 is 35.6 Å². The SMILES string of the molecule is Cl.N[C@@H]1CN(C2CCN(c3ccc(Cl)cc3)C2=O)C[C@H]1c1ccccc1. The van der Waals surface area contributed by atoms with Crippen molar-refractivity contribution in [3.05, 3.63) is 65.2 Å². The number of hydrogen-bond donors (Lipinski definition) is 1. The molecule has 0 bridgehead atoms. The van der Waals surface area contributed by atoms with Crippen molar-refractivity contribution in [2.24, 2.45) is 5.73 Å². The Hall–Kier alpha value is -1.59. The molecule has 0 aliphatic carbocycles. The van der Waals surface area contributed by atoms with Crippen molar-refractivity contribution < 1.29 is 4.79 Å². The molecule has 2 aromatic rings. The predicted molar refractivity (Wildman–Crippen MR) is 108 cm³/mol. The van der Waals surface area contributed by atoms with Gasteiger partial charge in [0.25, 0.3) is 0 Å². The largest absolute Gasteiger partial charge is 0.326 e. The maximum absolute atomic E-state index is 12.9. The number of hydrogen-bond acceptors (Lipinski definition) is 3. The lowest BCUT2D eigenvalue weighted by molar-refractivity contribution is -0.121. The first kappa shape index (κ1) is 19.2. The van der Waals surface area contributed by atoms with Crippen LogP contribution in [0.1, 0.15) is 17.9 Å². The van der Waals surface area contributed by atoms with E-state index < -0.39 is 0 Å². The van der Waals surface area contributed by atoms with Gasteiger partial charge >= 0.3 is 0 Å². The van der Waals surface area contributed by atoms with E-state index in [0.717, 1.165) is 31.7 Å². The van der Waals surface area contributed by atoms with E-state index in [4.69, 9.17) is 17.3 Å². The third-order valence-corrected chi connectivity index (χ3v) is 5.63. The van der Waals surface area contributed by atoms with Crippen molar-refractivity contribution in [2.45, 2.75) is 24.4 Å². The van der Waals surface area contributed by atoms with Gasteiger partial charge in [0, 0.05) is 42.3 Å². The molecule has 138 valence electrons. The minimum absolute atomic E-state index is 0. The zero-order valence-electron chi connectivity index (χ0n) is 14.4. The minimum Gasteiger partial charge on any atom is -0.326 e. The third-order valence-electron chi connectivity index (χ3n) is 5.38. The molecule has 0 saturated carbocycles. The number of likely N-dealkylation sites (tertiary alicyclic amines) is 1. The quantitative estimate of drug-likeness (QED) is 0.872. The zero-order chi connectivity index (χ0) is 17.4. The highest BCUT2D eigenvalue weighted by molar-refractivity contribution is 6.30. The highest BCUT2D eigenvalue weighted by Gasteiger charge is 2.42. The summed E-state index contributed by atoms with van der Waals surface area (Å²) in [4.78, 5) is 17.1. The maximum Gasteiger partial charge on any atom is 0.244 e. The molecule has 26 heavy (non-hydrogen) atoms. The second kappa shape index (κ2) is 7.97. The summed E-state index contributed by atoms with van der Waals surface area (Å²) >= 11 is 5.95. The van der Waals surface area contributed by atoms with Gasteiger partial charge in [-0.25, -0.2) is 0 Å². The molecule has 2 saturated heterocycles. The van der Waals surface area contributed by atoms with Gasteiger partial charge in [-0.3, -0.25) is 9.69 Å². The van der Waals surface area contributed by atoms with E-state index in [9.17, 15) is 4.79 Å². The number of nitrogens with zero attached hydrogens (tertiary/aromatic N) is 2. The number of rotatable bonds is 3. The number of anilines is 1. The molecule has 2 fully saturated rings. The minimum atomic E-state index is -0.0737. The van der Waals surface area contributed by atoms with Gasteiger partial charge in [-0.05, 0) is 36.2 Å². The molecule has 4 nitrogen and oxygen atoms in total. The van der Waals surface area contributed by atoms with Crippen LogP contribution in [0.3, 0.4) is 0 Å². The van der Waals surface area contributed by atoms with Gasteiger partial charge in [-0.2, -0.15) is 0 Å². The Morgan fingerprint density at radius 3 is 2.38 bits per heavy atom. The van der Waals surface area contributed by atoms with E-state index in [1.165, 1.54) is 5.56 Å². The Bertz CT molecular complexity index is 753. The molecule has 4 rings (SSSR count). The molecule has 0 aromatic heterocycles. The molecule has 2 aliphatic rings. The molecular formula is C20H23Cl2N3O. The number of amides is 1. The summed E-state index contributed by atoms with van der Waals surface area (Å²) in [6.45, 7) is 2.35. The van der Waals surface area contributed by atoms with Crippen molar-refractivity contribution in [3.63, 3.8) is 0 Å². The highest BCUT2D eigenvalue weighted by atomic mass is 35.5. The number of carbonyl (C=O) groups is 1. The lowest BCUT2D eigenvalue weighted by Gasteiger charge is -2.23. The van der Waals surface area contributed by atoms with E-state index in [1.54, 1.807) is 0 Å². The average molecular weight is 392 g/mol. The smallest absolute Gasteiger partial charge is 0.244 e. The van der Waals surface area contributed by atoms with Crippen LogP contribution in [0.5, 0.6) is 0 Å². The molecule has 0 spiro atoms. The molecule has 1 amide bonds. The Balaban J connectivity index is 0.00000196. The van der Waals surface area contributed by atoms with E-state index >= 15 is 0 Å². The van der Waals surface area contributed by atoms with Crippen LogP contribution in [0.15, 0.2) is 54.6 Å². The molecule has 6 heteroatoms. The lowest BCUT2D eigenvalue weighted by Crippen LogP contribution is -2.41. The first-order valence-electron chi connectivity index (χ1n) is 8.75. The van der Waals surface area contributed by atoms with Gasteiger partial charge in [0.1, 0.15) is 0 Å². The van der Waals surface area contributed by atoms with E-state index in [1.807, 2.05) is 47.4 Å². The van der Waals surface area contributed by atoms with Crippen molar-refractivity contribution in [3.8, 4) is 0 Å². The average Bonchev–Trinajstić information content (AvgIpc) is 3.19. The van der Waals surface area contributed by atoms with E-state index in [0.29, 0.717) is 10.9 Å². The van der Waals surface area contributed by atoms with Gasteiger partial charge in [0.05, 0.1) is 6.04 Å². The Labute approximate surface area is 165 Å². The Kier molecular flexibility index (Phi) is 5.88. The maximum atomic E-state index is 12.9. The first-order valence-corrected chi connectivity index (χ1v) is 9.13. The predicted octanol–water partition coefficient (Wildman–Crippen LogP) is 3.29. The van der Waals surface area contributed by atoms with Crippen LogP contribution >= 0.6 is 24.0 Å². The summed E-state index contributed by atoms with van der Waals surface area (Å²) in [6.07, 6.45) is 0.843. The number of nitrogens with two attached hydrogens (primary N) is 1. The van der Waals surface area contributed by atoms with Crippen molar-refractivity contribution in [1.29, 1.82) is 0 Å². The van der Waals surface area contributed by atoms with Crippen LogP contribution in [-0.4, -0.2) is 42.5 Å². The molecule has 2 aromatic carbocycles. The summed E-state index contributed by atoms with van der Waals surface area (Å²) in [6, 6.07) is 17.8. The highest BCUT2D eigenvalue weighted by Crippen LogP contribution is 2.32. The third kappa shape index (κ3) is 3.60. The standard InChI is InChI=1S/C20H22ClN3O.ClH/c21-15-6-8-16(9-7-15)24-11-10-19(20(24)25)23-12-17(18(22)13-23)14-4-2-1-3-5-14;/h1-9,17-19H,10-13,22H2;1H/t17-,18+,19?;/m0./s1. The van der Waals surface area contributed by atoms with Crippen LogP contribution < -0.4 is 10.6 Å². The van der Waals surface area contributed by atoms with Crippen LogP contribution in [0.2, 0.25) is 5.02 Å². The fourth-order valence-electron chi connectivity index (χ4n) is 4.05. The molecule has 2 N–H and O–H groups in total. The second-order valence-corrected chi connectivity index (χ2v) is 7.34. The molecule has 2 aliphatic heterocycles. The number of benzene rings is 2. The normalized spacial score (nSPS) is 26.2. The molecule has 0 radical (unpaired) electrons. The Morgan fingerprint density at radius 2 is 1.69 bits per heavy atom. The fourth-order valence-corrected chi connectivity index (χ4v) is 4.17. The summed E-state index contributed by atoms with van der Waals surface area (Å²) in [5.41, 5.74) is 8.57. The summed E-state index contributed by atoms with van der Waals surface area (Å²) in [5, 5.41) is 0.683. The van der Waals surface area contributed by atoms with Crippen molar-refractivity contribution in [1.82, 2.24) is 4.90 Å². The van der Waals surface area contributed by atoms with Gasteiger partial charge in [-0.15, -0.1) is 12.4 Å². The van der Waals surface area contributed by atoms with Crippen LogP contribution in [0.25, 0.3) is 0 Å². The van der Waals surface area contributed by atoms with Crippen LogP contribution in [0, 0.1) is 0 Å². The molecular weight excluding hydrogens is 369 g/mol. The Morgan fingerprint density at radius 1 is 1.00 bits per heavy atom.